The predicted molar refractivity (Wildman–Crippen MR) is 83.0 cm³/mol. The van der Waals surface area contributed by atoms with Crippen molar-refractivity contribution in [3.63, 3.8) is 0 Å². The average Bonchev–Trinajstić information content (AvgIpc) is 2.91. The highest BCUT2D eigenvalue weighted by Crippen LogP contribution is 2.36. The SMILES string of the molecule is COc1cc(NS(=O)(=O)CC2CCCN2)c(OC)cc1Cl. The van der Waals surface area contributed by atoms with Crippen molar-refractivity contribution in [1.82, 2.24) is 5.32 Å². The maximum atomic E-state index is 12.2. The number of benzene rings is 1. The van der Waals surface area contributed by atoms with Crippen LogP contribution in [0.25, 0.3) is 0 Å². The molecule has 1 aromatic rings. The summed E-state index contributed by atoms with van der Waals surface area (Å²) < 4.78 is 37.2. The summed E-state index contributed by atoms with van der Waals surface area (Å²) in [5.41, 5.74) is 0.316. The van der Waals surface area contributed by atoms with E-state index in [1.807, 2.05) is 0 Å². The molecule has 0 spiro atoms. The molecule has 0 radical (unpaired) electrons. The molecule has 1 atom stereocenters. The normalized spacial score (nSPS) is 18.5. The first kappa shape index (κ1) is 16.2. The largest absolute Gasteiger partial charge is 0.495 e. The topological polar surface area (TPSA) is 76.7 Å². The molecule has 118 valence electrons. The second-order valence-corrected chi connectivity index (χ2v) is 7.04. The van der Waals surface area contributed by atoms with E-state index in [-0.39, 0.29) is 11.8 Å². The minimum absolute atomic E-state index is 0.0114. The molecule has 1 aliphatic heterocycles. The number of nitrogens with one attached hydrogen (secondary N) is 2. The Morgan fingerprint density at radius 1 is 1.33 bits per heavy atom. The standard InChI is InChI=1S/C13H19ClN2O4S/c1-19-12-7-11(13(20-2)6-10(12)14)16-21(17,18)8-9-4-3-5-15-9/h6-7,9,15-16H,3-5,8H2,1-2H3. The van der Waals surface area contributed by atoms with Gasteiger partial charge in [0.1, 0.15) is 11.5 Å². The highest BCUT2D eigenvalue weighted by atomic mass is 35.5. The van der Waals surface area contributed by atoms with E-state index in [0.717, 1.165) is 19.4 Å². The molecular formula is C13H19ClN2O4S. The molecule has 2 N–H and O–H groups in total. The summed E-state index contributed by atoms with van der Waals surface area (Å²) in [7, 11) is -0.560. The Kier molecular flexibility index (Phi) is 5.18. The Balaban J connectivity index is 2.20. The second kappa shape index (κ2) is 6.72. The monoisotopic (exact) mass is 334 g/mol. The Hall–Kier alpha value is -1.18. The van der Waals surface area contributed by atoms with Crippen LogP contribution in [0, 0.1) is 0 Å². The van der Waals surface area contributed by atoms with E-state index in [0.29, 0.717) is 22.2 Å². The van der Waals surface area contributed by atoms with Gasteiger partial charge < -0.3 is 14.8 Å². The molecule has 21 heavy (non-hydrogen) atoms. The number of halogens is 1. The predicted octanol–water partition coefficient (Wildman–Crippen LogP) is 1.85. The van der Waals surface area contributed by atoms with Gasteiger partial charge in [-0.1, -0.05) is 11.6 Å². The van der Waals surface area contributed by atoms with Gasteiger partial charge >= 0.3 is 0 Å². The van der Waals surface area contributed by atoms with Gasteiger partial charge in [0.15, 0.2) is 0 Å². The minimum Gasteiger partial charge on any atom is -0.495 e. The lowest BCUT2D eigenvalue weighted by molar-refractivity contribution is 0.405. The third-order valence-electron chi connectivity index (χ3n) is 3.32. The highest BCUT2D eigenvalue weighted by molar-refractivity contribution is 7.92. The minimum atomic E-state index is -3.48. The molecule has 1 unspecified atom stereocenters. The summed E-state index contributed by atoms with van der Waals surface area (Å²) in [6, 6.07) is 3.02. The molecule has 8 heteroatoms. The van der Waals surface area contributed by atoms with Crippen LogP contribution in [0.1, 0.15) is 12.8 Å². The van der Waals surface area contributed by atoms with E-state index in [2.05, 4.69) is 10.0 Å². The first-order chi connectivity index (χ1) is 9.95. The molecule has 1 fully saturated rings. The fraction of sp³-hybridized carbons (Fsp3) is 0.538. The summed E-state index contributed by atoms with van der Waals surface area (Å²) in [6.07, 6.45) is 1.86. The quantitative estimate of drug-likeness (QED) is 0.830. The number of hydrogen-bond acceptors (Lipinski definition) is 5. The Morgan fingerprint density at radius 2 is 2.05 bits per heavy atom. The first-order valence-corrected chi connectivity index (χ1v) is 8.63. The van der Waals surface area contributed by atoms with Gasteiger partial charge in [-0.25, -0.2) is 8.42 Å². The van der Waals surface area contributed by atoms with E-state index in [9.17, 15) is 8.42 Å². The highest BCUT2D eigenvalue weighted by Gasteiger charge is 2.23. The molecule has 1 aliphatic rings. The van der Waals surface area contributed by atoms with Crippen LogP contribution in [0.4, 0.5) is 5.69 Å². The molecule has 2 rings (SSSR count). The van der Waals surface area contributed by atoms with Gasteiger partial charge in [0.05, 0.1) is 30.7 Å². The lowest BCUT2D eigenvalue weighted by Gasteiger charge is -2.16. The summed E-state index contributed by atoms with van der Waals surface area (Å²) in [6.45, 7) is 0.859. The van der Waals surface area contributed by atoms with Crippen LogP contribution in [0.2, 0.25) is 5.02 Å². The lowest BCUT2D eigenvalue weighted by atomic mass is 10.3. The zero-order chi connectivity index (χ0) is 15.5. The maximum absolute atomic E-state index is 12.2. The van der Waals surface area contributed by atoms with Crippen molar-refractivity contribution in [1.29, 1.82) is 0 Å². The van der Waals surface area contributed by atoms with Crippen LogP contribution < -0.4 is 19.5 Å². The number of rotatable bonds is 6. The van der Waals surface area contributed by atoms with Gasteiger partial charge in [-0.2, -0.15) is 0 Å². The van der Waals surface area contributed by atoms with Gasteiger partial charge in [-0.15, -0.1) is 0 Å². The first-order valence-electron chi connectivity index (χ1n) is 6.60. The van der Waals surface area contributed by atoms with E-state index in [4.69, 9.17) is 21.1 Å². The van der Waals surface area contributed by atoms with Crippen molar-refractivity contribution in [3.05, 3.63) is 17.2 Å². The molecular weight excluding hydrogens is 316 g/mol. The molecule has 0 amide bonds. The molecule has 0 aliphatic carbocycles. The molecule has 1 saturated heterocycles. The van der Waals surface area contributed by atoms with E-state index in [1.54, 1.807) is 0 Å². The van der Waals surface area contributed by atoms with Crippen molar-refractivity contribution >= 4 is 27.3 Å². The van der Waals surface area contributed by atoms with E-state index in [1.165, 1.54) is 26.4 Å². The summed E-state index contributed by atoms with van der Waals surface area (Å²) in [4.78, 5) is 0. The fourth-order valence-corrected chi connectivity index (χ4v) is 3.94. The lowest BCUT2D eigenvalue weighted by Crippen LogP contribution is -2.32. The smallest absolute Gasteiger partial charge is 0.234 e. The maximum Gasteiger partial charge on any atom is 0.234 e. The number of ether oxygens (including phenoxy) is 2. The van der Waals surface area contributed by atoms with Gasteiger partial charge in [-0.3, -0.25) is 4.72 Å². The number of methoxy groups -OCH3 is 2. The van der Waals surface area contributed by atoms with Crippen molar-refractivity contribution in [2.75, 3.05) is 31.2 Å². The van der Waals surface area contributed by atoms with E-state index >= 15 is 0 Å². The van der Waals surface area contributed by atoms with Crippen molar-refractivity contribution in [2.24, 2.45) is 0 Å². The zero-order valence-electron chi connectivity index (χ0n) is 12.0. The van der Waals surface area contributed by atoms with Crippen LogP contribution in [0.3, 0.4) is 0 Å². The van der Waals surface area contributed by atoms with Gasteiger partial charge in [0.2, 0.25) is 10.0 Å². The van der Waals surface area contributed by atoms with Crippen molar-refractivity contribution < 1.29 is 17.9 Å². The average molecular weight is 335 g/mol. The van der Waals surface area contributed by atoms with Crippen molar-refractivity contribution in [2.45, 2.75) is 18.9 Å². The molecule has 1 aromatic carbocycles. The third-order valence-corrected chi connectivity index (χ3v) is 4.99. The summed E-state index contributed by atoms with van der Waals surface area (Å²) in [5, 5.41) is 3.52. The van der Waals surface area contributed by atoms with Gasteiger partial charge in [-0.05, 0) is 19.4 Å². The third kappa shape index (κ3) is 4.15. The summed E-state index contributed by atoms with van der Waals surface area (Å²) in [5.74, 6) is 0.763. The molecule has 0 aromatic heterocycles. The Labute approximate surface area is 129 Å². The second-order valence-electron chi connectivity index (χ2n) is 4.86. The Bertz CT molecular complexity index is 600. The van der Waals surface area contributed by atoms with Crippen LogP contribution >= 0.6 is 11.6 Å². The summed E-state index contributed by atoms with van der Waals surface area (Å²) >= 11 is 6.00. The van der Waals surface area contributed by atoms with Gasteiger partial charge in [0.25, 0.3) is 0 Å². The van der Waals surface area contributed by atoms with Gasteiger partial charge in [0, 0.05) is 18.2 Å². The fourth-order valence-electron chi connectivity index (χ4n) is 2.31. The van der Waals surface area contributed by atoms with Crippen LogP contribution in [0.15, 0.2) is 12.1 Å². The number of hydrogen-bond donors (Lipinski definition) is 2. The molecule has 0 bridgehead atoms. The van der Waals surface area contributed by atoms with Crippen LogP contribution in [0.5, 0.6) is 11.5 Å². The molecule has 0 saturated carbocycles. The molecule has 6 nitrogen and oxygen atoms in total. The van der Waals surface area contributed by atoms with Crippen LogP contribution in [-0.4, -0.2) is 41.0 Å². The number of sulfonamides is 1. The zero-order valence-corrected chi connectivity index (χ0v) is 13.6. The van der Waals surface area contributed by atoms with E-state index < -0.39 is 10.0 Å². The molecule has 1 heterocycles. The van der Waals surface area contributed by atoms with Crippen molar-refractivity contribution in [3.8, 4) is 11.5 Å². The Morgan fingerprint density at radius 3 is 2.62 bits per heavy atom. The van der Waals surface area contributed by atoms with Crippen LogP contribution in [-0.2, 0) is 10.0 Å². The number of anilines is 1.